The van der Waals surface area contributed by atoms with Crippen molar-refractivity contribution >= 4 is 11.0 Å². The van der Waals surface area contributed by atoms with Crippen LogP contribution in [0.3, 0.4) is 0 Å². The summed E-state index contributed by atoms with van der Waals surface area (Å²) in [7, 11) is -1.26. The number of benzene rings is 1. The van der Waals surface area contributed by atoms with Crippen LogP contribution in [0.25, 0.3) is 11.3 Å². The Balaban J connectivity index is 2.02. The zero-order valence-electron chi connectivity index (χ0n) is 25.6. The SMILES string of the molecule is CCCC(CC)Cn1c(-c2cc(C(C)(C)C)cc(C(C)(C)C)c2)cc(S(=O)NCCN2CCOCC2)c1C. The van der Waals surface area contributed by atoms with Gasteiger partial charge < -0.3 is 9.30 Å². The molecule has 0 saturated carbocycles. The number of nitrogens with one attached hydrogen (secondary N) is 1. The summed E-state index contributed by atoms with van der Waals surface area (Å²) in [5, 5.41) is 0. The van der Waals surface area contributed by atoms with Crippen LogP contribution in [0, 0.1) is 12.8 Å². The monoisotopic (exact) mass is 543 g/mol. The van der Waals surface area contributed by atoms with Gasteiger partial charge in [-0.2, -0.15) is 0 Å². The molecule has 2 heterocycles. The van der Waals surface area contributed by atoms with Gasteiger partial charge in [-0.15, -0.1) is 0 Å². The Morgan fingerprint density at radius 3 is 2.11 bits per heavy atom. The van der Waals surface area contributed by atoms with Gasteiger partial charge in [0.05, 0.1) is 18.1 Å². The number of rotatable bonds is 11. The topological polar surface area (TPSA) is 46.5 Å². The zero-order chi connectivity index (χ0) is 28.1. The van der Waals surface area contributed by atoms with Gasteiger partial charge in [0.25, 0.3) is 0 Å². The molecule has 0 bridgehead atoms. The molecule has 0 spiro atoms. The molecule has 1 N–H and O–H groups in total. The maximum Gasteiger partial charge on any atom is 0.126 e. The van der Waals surface area contributed by atoms with Crippen LogP contribution in [0.2, 0.25) is 0 Å². The predicted octanol–water partition coefficient (Wildman–Crippen LogP) is 6.83. The van der Waals surface area contributed by atoms with Crippen molar-refractivity contribution in [2.75, 3.05) is 39.4 Å². The Morgan fingerprint density at radius 2 is 1.58 bits per heavy atom. The number of nitrogens with zero attached hydrogens (tertiary/aromatic N) is 2. The Labute approximate surface area is 235 Å². The van der Waals surface area contributed by atoms with E-state index in [1.54, 1.807) is 0 Å². The molecular weight excluding hydrogens is 490 g/mol. The third-order valence-electron chi connectivity index (χ3n) is 7.96. The standard InChI is InChI=1S/C32H53N3O2S/c1-10-12-25(11-2)23-35-24(3)30(38(36)33-13-14-34-15-17-37-18-16-34)22-29(35)26-19-27(31(4,5)6)21-28(20-26)32(7,8)9/h19-22,25,33H,10-18,23H2,1-9H3. The molecule has 1 aliphatic heterocycles. The van der Waals surface area contributed by atoms with Crippen LogP contribution in [0.1, 0.15) is 91.5 Å². The number of hydrogen-bond acceptors (Lipinski definition) is 3. The Bertz CT molecular complexity index is 1040. The summed E-state index contributed by atoms with van der Waals surface area (Å²) < 4.78 is 24.8. The van der Waals surface area contributed by atoms with Crippen molar-refractivity contribution in [2.45, 2.75) is 104 Å². The van der Waals surface area contributed by atoms with Crippen molar-refractivity contribution in [1.29, 1.82) is 0 Å². The third kappa shape index (κ3) is 8.03. The van der Waals surface area contributed by atoms with Crippen LogP contribution < -0.4 is 4.72 Å². The Kier molecular flexibility index (Phi) is 10.8. The summed E-state index contributed by atoms with van der Waals surface area (Å²) in [5.41, 5.74) is 6.31. The van der Waals surface area contributed by atoms with Gasteiger partial charge in [0.15, 0.2) is 0 Å². The number of ether oxygens (including phenoxy) is 1. The molecule has 0 amide bonds. The molecule has 1 saturated heterocycles. The van der Waals surface area contributed by atoms with Crippen LogP contribution >= 0.6 is 0 Å². The normalized spacial score (nSPS) is 17.1. The lowest BCUT2D eigenvalue weighted by molar-refractivity contribution is 0.0390. The molecule has 1 aliphatic rings. The van der Waals surface area contributed by atoms with E-state index in [1.165, 1.54) is 35.2 Å². The molecule has 2 atom stereocenters. The molecule has 3 rings (SSSR count). The second-order valence-electron chi connectivity index (χ2n) is 13.1. The first-order valence-corrected chi connectivity index (χ1v) is 15.8. The maximum atomic E-state index is 13.6. The predicted molar refractivity (Wildman–Crippen MR) is 162 cm³/mol. The first kappa shape index (κ1) is 31.1. The quantitative estimate of drug-likeness (QED) is 0.338. The first-order chi connectivity index (χ1) is 17.8. The van der Waals surface area contributed by atoms with Crippen molar-refractivity contribution in [2.24, 2.45) is 5.92 Å². The van der Waals surface area contributed by atoms with E-state index in [9.17, 15) is 4.21 Å². The van der Waals surface area contributed by atoms with Gasteiger partial charge >= 0.3 is 0 Å². The van der Waals surface area contributed by atoms with E-state index in [0.717, 1.165) is 56.4 Å². The summed E-state index contributed by atoms with van der Waals surface area (Å²) in [5.74, 6) is 0.605. The van der Waals surface area contributed by atoms with E-state index >= 15 is 0 Å². The number of morpholine rings is 1. The summed E-state index contributed by atoms with van der Waals surface area (Å²) >= 11 is 0. The largest absolute Gasteiger partial charge is 0.379 e. The van der Waals surface area contributed by atoms with E-state index in [-0.39, 0.29) is 10.8 Å². The molecule has 38 heavy (non-hydrogen) atoms. The van der Waals surface area contributed by atoms with Gasteiger partial charge in [-0.1, -0.05) is 74.3 Å². The van der Waals surface area contributed by atoms with Gasteiger partial charge in [0.2, 0.25) is 0 Å². The fourth-order valence-corrected chi connectivity index (χ4v) is 6.24. The highest BCUT2D eigenvalue weighted by atomic mass is 32.2. The average Bonchev–Trinajstić information content (AvgIpc) is 3.19. The van der Waals surface area contributed by atoms with Crippen molar-refractivity contribution in [3.63, 3.8) is 0 Å². The van der Waals surface area contributed by atoms with Gasteiger partial charge in [-0.05, 0) is 65.0 Å². The molecule has 5 nitrogen and oxygen atoms in total. The van der Waals surface area contributed by atoms with E-state index in [4.69, 9.17) is 4.74 Å². The highest BCUT2D eigenvalue weighted by Gasteiger charge is 2.25. The molecule has 0 radical (unpaired) electrons. The van der Waals surface area contributed by atoms with E-state index in [1.807, 2.05) is 0 Å². The molecular formula is C32H53N3O2S. The maximum absolute atomic E-state index is 13.6. The van der Waals surface area contributed by atoms with Gasteiger partial charge in [0, 0.05) is 44.1 Å². The second kappa shape index (κ2) is 13.3. The minimum atomic E-state index is -1.26. The average molecular weight is 544 g/mol. The van der Waals surface area contributed by atoms with Gasteiger partial charge in [-0.25, -0.2) is 8.93 Å². The summed E-state index contributed by atoms with van der Waals surface area (Å²) in [6, 6.07) is 9.29. The smallest absolute Gasteiger partial charge is 0.126 e. The summed E-state index contributed by atoms with van der Waals surface area (Å²) in [4.78, 5) is 3.28. The zero-order valence-corrected chi connectivity index (χ0v) is 26.4. The van der Waals surface area contributed by atoms with Gasteiger partial charge in [0.1, 0.15) is 11.0 Å². The molecule has 214 valence electrons. The van der Waals surface area contributed by atoms with Gasteiger partial charge in [-0.3, -0.25) is 4.90 Å². The Morgan fingerprint density at radius 1 is 0.974 bits per heavy atom. The van der Waals surface area contributed by atoms with E-state index < -0.39 is 11.0 Å². The lowest BCUT2D eigenvalue weighted by atomic mass is 9.79. The first-order valence-electron chi connectivity index (χ1n) is 14.7. The summed E-state index contributed by atoms with van der Waals surface area (Å²) in [6.45, 7) is 26.5. The van der Waals surface area contributed by atoms with Crippen molar-refractivity contribution in [3.05, 3.63) is 41.1 Å². The number of aromatic nitrogens is 1. The Hall–Kier alpha value is -1.47. The second-order valence-corrected chi connectivity index (χ2v) is 14.3. The fraction of sp³-hybridized carbons (Fsp3) is 0.688. The highest BCUT2D eigenvalue weighted by molar-refractivity contribution is 7.83. The highest BCUT2D eigenvalue weighted by Crippen LogP contribution is 2.36. The fourth-order valence-electron chi connectivity index (χ4n) is 5.21. The van der Waals surface area contributed by atoms with Crippen molar-refractivity contribution in [3.8, 4) is 11.3 Å². The minimum Gasteiger partial charge on any atom is -0.379 e. The van der Waals surface area contributed by atoms with Crippen molar-refractivity contribution < 1.29 is 8.95 Å². The molecule has 2 aromatic rings. The molecule has 2 unspecified atom stereocenters. The van der Waals surface area contributed by atoms with Crippen LogP contribution in [0.4, 0.5) is 0 Å². The van der Waals surface area contributed by atoms with Crippen LogP contribution in [0.5, 0.6) is 0 Å². The molecule has 0 aliphatic carbocycles. The lowest BCUT2D eigenvalue weighted by Crippen LogP contribution is -2.40. The van der Waals surface area contributed by atoms with Crippen LogP contribution in [0.15, 0.2) is 29.2 Å². The molecule has 1 aromatic carbocycles. The number of hydrogen-bond donors (Lipinski definition) is 1. The van der Waals surface area contributed by atoms with E-state index in [0.29, 0.717) is 12.5 Å². The summed E-state index contributed by atoms with van der Waals surface area (Å²) in [6.07, 6.45) is 3.54. The van der Waals surface area contributed by atoms with Crippen LogP contribution in [-0.2, 0) is 33.1 Å². The molecule has 1 aromatic heterocycles. The molecule has 6 heteroatoms. The minimum absolute atomic E-state index is 0.0450. The third-order valence-corrected chi connectivity index (χ3v) is 9.24. The van der Waals surface area contributed by atoms with Crippen LogP contribution in [-0.4, -0.2) is 53.1 Å². The van der Waals surface area contributed by atoms with E-state index in [2.05, 4.69) is 101 Å². The molecule has 1 fully saturated rings. The lowest BCUT2D eigenvalue weighted by Gasteiger charge is -2.27. The van der Waals surface area contributed by atoms with Crippen molar-refractivity contribution in [1.82, 2.24) is 14.2 Å².